The van der Waals surface area contributed by atoms with Crippen LogP contribution in [0.25, 0.3) is 0 Å². The SMILES string of the molecule is CC(C)NC(=O)C(C)N1CCCC(O)C1. The maximum Gasteiger partial charge on any atom is 0.237 e. The van der Waals surface area contributed by atoms with Crippen molar-refractivity contribution in [2.45, 2.75) is 51.8 Å². The van der Waals surface area contributed by atoms with Gasteiger partial charge in [-0.1, -0.05) is 0 Å². The van der Waals surface area contributed by atoms with Gasteiger partial charge in [-0.3, -0.25) is 9.69 Å². The lowest BCUT2D eigenvalue weighted by molar-refractivity contribution is -0.127. The van der Waals surface area contributed by atoms with E-state index in [1.54, 1.807) is 0 Å². The van der Waals surface area contributed by atoms with Crippen molar-refractivity contribution in [1.29, 1.82) is 0 Å². The highest BCUT2D eigenvalue weighted by atomic mass is 16.3. The lowest BCUT2D eigenvalue weighted by atomic mass is 10.1. The summed E-state index contributed by atoms with van der Waals surface area (Å²) >= 11 is 0. The zero-order valence-electron chi connectivity index (χ0n) is 9.86. The van der Waals surface area contributed by atoms with E-state index in [-0.39, 0.29) is 24.1 Å². The number of nitrogens with zero attached hydrogens (tertiary/aromatic N) is 1. The summed E-state index contributed by atoms with van der Waals surface area (Å²) in [4.78, 5) is 13.8. The Balaban J connectivity index is 2.44. The lowest BCUT2D eigenvalue weighted by Crippen LogP contribution is -2.51. The van der Waals surface area contributed by atoms with Gasteiger partial charge in [-0.25, -0.2) is 0 Å². The second-order valence-corrected chi connectivity index (χ2v) is 4.63. The van der Waals surface area contributed by atoms with E-state index in [4.69, 9.17) is 0 Å². The van der Waals surface area contributed by atoms with Crippen molar-refractivity contribution in [2.24, 2.45) is 0 Å². The third-order valence-electron chi connectivity index (χ3n) is 2.79. The number of rotatable bonds is 3. The topological polar surface area (TPSA) is 52.6 Å². The molecule has 1 saturated heterocycles. The van der Waals surface area contributed by atoms with Crippen molar-refractivity contribution < 1.29 is 9.90 Å². The lowest BCUT2D eigenvalue weighted by Gasteiger charge is -2.34. The van der Waals surface area contributed by atoms with Crippen LogP contribution < -0.4 is 5.32 Å². The molecular formula is C11H22N2O2. The molecule has 15 heavy (non-hydrogen) atoms. The second-order valence-electron chi connectivity index (χ2n) is 4.63. The van der Waals surface area contributed by atoms with E-state index in [2.05, 4.69) is 5.32 Å². The number of nitrogens with one attached hydrogen (secondary N) is 1. The molecule has 4 nitrogen and oxygen atoms in total. The largest absolute Gasteiger partial charge is 0.392 e. The van der Waals surface area contributed by atoms with Crippen LogP contribution in [0.5, 0.6) is 0 Å². The molecule has 2 unspecified atom stereocenters. The first-order valence-electron chi connectivity index (χ1n) is 5.73. The van der Waals surface area contributed by atoms with Gasteiger partial charge >= 0.3 is 0 Å². The van der Waals surface area contributed by atoms with Crippen LogP contribution in [0.4, 0.5) is 0 Å². The standard InChI is InChI=1S/C11H22N2O2/c1-8(2)12-11(15)9(3)13-6-4-5-10(14)7-13/h8-10,14H,4-7H2,1-3H3,(H,12,15). The predicted molar refractivity (Wildman–Crippen MR) is 59.6 cm³/mol. The molecular weight excluding hydrogens is 192 g/mol. The van der Waals surface area contributed by atoms with Crippen molar-refractivity contribution in [2.75, 3.05) is 13.1 Å². The van der Waals surface area contributed by atoms with Crippen molar-refractivity contribution in [1.82, 2.24) is 10.2 Å². The van der Waals surface area contributed by atoms with Crippen LogP contribution in [0, 0.1) is 0 Å². The van der Waals surface area contributed by atoms with Crippen LogP contribution >= 0.6 is 0 Å². The number of amides is 1. The zero-order chi connectivity index (χ0) is 11.4. The summed E-state index contributed by atoms with van der Waals surface area (Å²) in [6.07, 6.45) is 1.56. The Morgan fingerprint density at radius 3 is 2.67 bits per heavy atom. The number of aliphatic hydroxyl groups excluding tert-OH is 1. The maximum atomic E-state index is 11.7. The molecule has 88 valence electrons. The first-order chi connectivity index (χ1) is 7.00. The van der Waals surface area contributed by atoms with E-state index in [0.717, 1.165) is 19.4 Å². The third-order valence-corrected chi connectivity index (χ3v) is 2.79. The molecule has 1 fully saturated rings. The summed E-state index contributed by atoms with van der Waals surface area (Å²) in [5.41, 5.74) is 0. The van der Waals surface area contributed by atoms with Gasteiger partial charge in [-0.2, -0.15) is 0 Å². The molecule has 1 rings (SSSR count). The number of piperidine rings is 1. The summed E-state index contributed by atoms with van der Waals surface area (Å²) in [5, 5.41) is 12.4. The molecule has 2 atom stereocenters. The number of aliphatic hydroxyl groups is 1. The quantitative estimate of drug-likeness (QED) is 0.713. The Morgan fingerprint density at radius 2 is 2.13 bits per heavy atom. The minimum Gasteiger partial charge on any atom is -0.392 e. The number of likely N-dealkylation sites (tertiary alicyclic amines) is 1. The number of carbonyl (C=O) groups excluding carboxylic acids is 1. The minimum absolute atomic E-state index is 0.0547. The highest BCUT2D eigenvalue weighted by molar-refractivity contribution is 5.81. The van der Waals surface area contributed by atoms with Crippen LogP contribution in [-0.2, 0) is 4.79 Å². The average Bonchev–Trinajstić information content (AvgIpc) is 2.15. The van der Waals surface area contributed by atoms with Crippen molar-refractivity contribution >= 4 is 5.91 Å². The molecule has 1 aliphatic rings. The normalized spacial score (nSPS) is 25.3. The number of carbonyl (C=O) groups is 1. The van der Waals surface area contributed by atoms with E-state index in [0.29, 0.717) is 6.54 Å². The predicted octanol–water partition coefficient (Wildman–Crippen LogP) is 0.356. The molecule has 0 aromatic rings. The van der Waals surface area contributed by atoms with E-state index in [1.807, 2.05) is 25.7 Å². The Morgan fingerprint density at radius 1 is 1.47 bits per heavy atom. The fraction of sp³-hybridized carbons (Fsp3) is 0.909. The molecule has 0 aliphatic carbocycles. The van der Waals surface area contributed by atoms with E-state index < -0.39 is 0 Å². The molecule has 0 spiro atoms. The minimum atomic E-state index is -0.270. The Kier molecular flexibility index (Phi) is 4.54. The highest BCUT2D eigenvalue weighted by Crippen LogP contribution is 2.12. The third kappa shape index (κ3) is 3.80. The Labute approximate surface area is 91.6 Å². The molecule has 1 heterocycles. The smallest absolute Gasteiger partial charge is 0.237 e. The van der Waals surface area contributed by atoms with Gasteiger partial charge in [0.2, 0.25) is 5.91 Å². The van der Waals surface area contributed by atoms with Crippen molar-refractivity contribution in [3.05, 3.63) is 0 Å². The number of β-amino-alcohol motifs (C(OH)–C–C–N with tert-alkyl or cyclic N) is 1. The van der Waals surface area contributed by atoms with Crippen LogP contribution in [0.2, 0.25) is 0 Å². The van der Waals surface area contributed by atoms with Gasteiger partial charge in [-0.15, -0.1) is 0 Å². The first-order valence-corrected chi connectivity index (χ1v) is 5.73. The molecule has 4 heteroatoms. The molecule has 0 radical (unpaired) electrons. The molecule has 0 bridgehead atoms. The van der Waals surface area contributed by atoms with Gasteiger partial charge < -0.3 is 10.4 Å². The second kappa shape index (κ2) is 5.47. The van der Waals surface area contributed by atoms with Crippen molar-refractivity contribution in [3.63, 3.8) is 0 Å². The van der Waals surface area contributed by atoms with Crippen LogP contribution in [0.15, 0.2) is 0 Å². The summed E-state index contributed by atoms with van der Waals surface area (Å²) in [7, 11) is 0. The van der Waals surface area contributed by atoms with Gasteiger partial charge in [0, 0.05) is 12.6 Å². The summed E-state index contributed by atoms with van der Waals surface area (Å²) in [6.45, 7) is 7.33. The molecule has 1 aliphatic heterocycles. The Hall–Kier alpha value is -0.610. The van der Waals surface area contributed by atoms with Gasteiger partial charge in [0.15, 0.2) is 0 Å². The number of hydrogen-bond acceptors (Lipinski definition) is 3. The van der Waals surface area contributed by atoms with Gasteiger partial charge in [0.1, 0.15) is 0 Å². The number of hydrogen-bond donors (Lipinski definition) is 2. The van der Waals surface area contributed by atoms with Crippen LogP contribution in [0.3, 0.4) is 0 Å². The fourth-order valence-corrected chi connectivity index (χ4v) is 1.91. The summed E-state index contributed by atoms with van der Waals surface area (Å²) in [6, 6.07) is 0.0389. The molecule has 0 aromatic carbocycles. The first kappa shape index (κ1) is 12.5. The van der Waals surface area contributed by atoms with Crippen LogP contribution in [0.1, 0.15) is 33.6 Å². The van der Waals surface area contributed by atoms with E-state index in [1.165, 1.54) is 0 Å². The maximum absolute atomic E-state index is 11.7. The highest BCUT2D eigenvalue weighted by Gasteiger charge is 2.26. The molecule has 0 aromatic heterocycles. The average molecular weight is 214 g/mol. The fourth-order valence-electron chi connectivity index (χ4n) is 1.91. The zero-order valence-corrected chi connectivity index (χ0v) is 9.86. The van der Waals surface area contributed by atoms with Crippen molar-refractivity contribution in [3.8, 4) is 0 Å². The monoisotopic (exact) mass is 214 g/mol. The van der Waals surface area contributed by atoms with Gasteiger partial charge in [0.05, 0.1) is 12.1 Å². The Bertz CT molecular complexity index is 219. The van der Waals surface area contributed by atoms with Crippen LogP contribution in [-0.4, -0.2) is 47.2 Å². The summed E-state index contributed by atoms with van der Waals surface area (Å²) in [5.74, 6) is 0.0547. The van der Waals surface area contributed by atoms with E-state index >= 15 is 0 Å². The van der Waals surface area contributed by atoms with E-state index in [9.17, 15) is 9.90 Å². The molecule has 2 N–H and O–H groups in total. The van der Waals surface area contributed by atoms with Gasteiger partial charge in [0.25, 0.3) is 0 Å². The molecule has 1 amide bonds. The summed E-state index contributed by atoms with van der Waals surface area (Å²) < 4.78 is 0. The molecule has 0 saturated carbocycles. The van der Waals surface area contributed by atoms with Gasteiger partial charge in [-0.05, 0) is 40.2 Å².